The minimum Gasteiger partial charge on any atom is -0.507 e. The number of carbonyl (C=O) groups is 1. The summed E-state index contributed by atoms with van der Waals surface area (Å²) in [5.74, 6) is -1.97. The number of benzene rings is 2. The van der Waals surface area contributed by atoms with Gasteiger partial charge in [0.25, 0.3) is 0 Å². The van der Waals surface area contributed by atoms with Crippen molar-refractivity contribution in [2.75, 3.05) is 19.0 Å². The number of phenolic OH excluding ortho intramolecular Hbond substituents is 1. The van der Waals surface area contributed by atoms with Gasteiger partial charge in [0, 0.05) is 20.2 Å². The highest BCUT2D eigenvalue weighted by molar-refractivity contribution is 7.81. The first kappa shape index (κ1) is 20.7. The molecule has 0 saturated heterocycles. The summed E-state index contributed by atoms with van der Waals surface area (Å²) in [6.07, 6.45) is -0.103. The van der Waals surface area contributed by atoms with Crippen molar-refractivity contribution >= 4 is 30.2 Å². The second kappa shape index (κ2) is 8.16. The SMILES string of the molecule is CCc1cc(C2=NNC(S)N2c2cccc(F)c2F)c(O)cc1OC(=O)N(C)C. The summed E-state index contributed by atoms with van der Waals surface area (Å²) in [7, 11) is 3.08. The number of hydrazone groups is 1. The van der Waals surface area contributed by atoms with Crippen LogP contribution in [0.1, 0.15) is 18.1 Å². The maximum atomic E-state index is 14.4. The van der Waals surface area contributed by atoms with Crippen LogP contribution in [0.5, 0.6) is 11.5 Å². The van der Waals surface area contributed by atoms with Crippen molar-refractivity contribution in [3.63, 3.8) is 0 Å². The van der Waals surface area contributed by atoms with E-state index in [0.29, 0.717) is 12.0 Å². The Morgan fingerprint density at radius 1 is 1.38 bits per heavy atom. The Labute approximate surface area is 172 Å². The number of amides is 1. The topological polar surface area (TPSA) is 77.4 Å². The number of aryl methyl sites for hydroxylation is 1. The molecule has 29 heavy (non-hydrogen) atoms. The van der Waals surface area contributed by atoms with Gasteiger partial charge in [0.05, 0.1) is 11.3 Å². The largest absolute Gasteiger partial charge is 0.507 e. The summed E-state index contributed by atoms with van der Waals surface area (Å²) in [5.41, 5.74) is 2.68. The molecule has 10 heteroatoms. The van der Waals surface area contributed by atoms with Crippen LogP contribution in [0, 0.1) is 11.6 Å². The minimum atomic E-state index is -1.06. The second-order valence-corrected chi connectivity index (χ2v) is 6.96. The summed E-state index contributed by atoms with van der Waals surface area (Å²) in [4.78, 5) is 14.5. The highest BCUT2D eigenvalue weighted by Crippen LogP contribution is 2.34. The zero-order valence-corrected chi connectivity index (χ0v) is 16.9. The normalized spacial score (nSPS) is 15.7. The average molecular weight is 422 g/mol. The Hall–Kier alpha value is -3.01. The first-order valence-electron chi connectivity index (χ1n) is 8.74. The number of phenols is 1. The molecule has 2 N–H and O–H groups in total. The third kappa shape index (κ3) is 3.93. The van der Waals surface area contributed by atoms with Gasteiger partial charge in [-0.1, -0.05) is 13.0 Å². The number of nitrogens with zero attached hydrogens (tertiary/aromatic N) is 3. The van der Waals surface area contributed by atoms with Crippen LogP contribution in [0.3, 0.4) is 0 Å². The van der Waals surface area contributed by atoms with Gasteiger partial charge in [0.2, 0.25) is 0 Å². The lowest BCUT2D eigenvalue weighted by Crippen LogP contribution is -2.37. The summed E-state index contributed by atoms with van der Waals surface area (Å²) >= 11 is 4.32. The molecule has 0 bridgehead atoms. The minimum absolute atomic E-state index is 0.0886. The number of thiol groups is 1. The van der Waals surface area contributed by atoms with Crippen molar-refractivity contribution in [3.05, 3.63) is 53.1 Å². The van der Waals surface area contributed by atoms with E-state index in [1.54, 1.807) is 20.2 Å². The van der Waals surface area contributed by atoms with Crippen LogP contribution in [0.4, 0.5) is 19.3 Å². The van der Waals surface area contributed by atoms with Crippen LogP contribution in [0.25, 0.3) is 0 Å². The van der Waals surface area contributed by atoms with E-state index in [2.05, 4.69) is 23.2 Å². The smallest absolute Gasteiger partial charge is 0.414 e. The molecule has 0 spiro atoms. The highest BCUT2D eigenvalue weighted by atomic mass is 32.1. The number of halogens is 2. The number of nitrogens with one attached hydrogen (secondary N) is 1. The molecule has 0 fully saturated rings. The summed E-state index contributed by atoms with van der Waals surface area (Å²) in [6.45, 7) is 1.85. The Morgan fingerprint density at radius 2 is 2.10 bits per heavy atom. The zero-order valence-electron chi connectivity index (χ0n) is 16.0. The van der Waals surface area contributed by atoms with Crippen molar-refractivity contribution in [1.29, 1.82) is 0 Å². The van der Waals surface area contributed by atoms with Gasteiger partial charge in [-0.25, -0.2) is 13.6 Å². The number of anilines is 1. The molecular formula is C19H20F2N4O3S. The first-order chi connectivity index (χ1) is 13.7. The fourth-order valence-electron chi connectivity index (χ4n) is 2.81. The van der Waals surface area contributed by atoms with E-state index >= 15 is 0 Å². The number of ether oxygens (including phenoxy) is 1. The maximum Gasteiger partial charge on any atom is 0.414 e. The number of carbonyl (C=O) groups excluding carboxylic acids is 1. The van der Waals surface area contributed by atoms with E-state index in [4.69, 9.17) is 4.74 Å². The average Bonchev–Trinajstić information content (AvgIpc) is 3.05. The standard InChI is InChI=1S/C19H20F2N4O3S/c1-4-10-8-11(14(26)9-15(10)28-19(27)24(2)3)17-22-23-18(29)25(17)13-7-5-6-12(20)16(13)21/h5-9,18,23,26,29H,4H2,1-3H3. The van der Waals surface area contributed by atoms with Crippen molar-refractivity contribution in [2.45, 2.75) is 18.8 Å². The molecule has 154 valence electrons. The zero-order chi connectivity index (χ0) is 21.3. The molecule has 1 aliphatic heterocycles. The summed E-state index contributed by atoms with van der Waals surface area (Å²) in [5, 5.41) is 14.7. The lowest BCUT2D eigenvalue weighted by molar-refractivity contribution is 0.171. The molecule has 0 saturated carbocycles. The number of aromatic hydroxyl groups is 1. The molecule has 2 aromatic carbocycles. The Balaban J connectivity index is 2.05. The van der Waals surface area contributed by atoms with Crippen molar-refractivity contribution in [2.24, 2.45) is 5.10 Å². The molecule has 0 aliphatic carbocycles. The van der Waals surface area contributed by atoms with Crippen molar-refractivity contribution in [3.8, 4) is 11.5 Å². The molecule has 7 nitrogen and oxygen atoms in total. The lowest BCUT2D eigenvalue weighted by Gasteiger charge is -2.25. The molecule has 1 unspecified atom stereocenters. The third-order valence-corrected chi connectivity index (χ3v) is 4.66. The second-order valence-electron chi connectivity index (χ2n) is 6.47. The fraction of sp³-hybridized carbons (Fsp3) is 0.263. The molecule has 1 heterocycles. The highest BCUT2D eigenvalue weighted by Gasteiger charge is 2.32. The summed E-state index contributed by atoms with van der Waals surface area (Å²) < 4.78 is 33.4. The van der Waals surface area contributed by atoms with Crippen LogP contribution in [0.2, 0.25) is 0 Å². The molecule has 2 aromatic rings. The molecule has 0 aromatic heterocycles. The van der Waals surface area contributed by atoms with E-state index in [0.717, 1.165) is 6.07 Å². The van der Waals surface area contributed by atoms with Gasteiger partial charge in [-0.15, -0.1) is 12.6 Å². The lowest BCUT2D eigenvalue weighted by atomic mass is 10.0. The number of hydrogen-bond donors (Lipinski definition) is 3. The third-order valence-electron chi connectivity index (χ3n) is 4.31. The van der Waals surface area contributed by atoms with Crippen LogP contribution in [0.15, 0.2) is 35.4 Å². The van der Waals surface area contributed by atoms with Gasteiger partial charge in [0.15, 0.2) is 23.0 Å². The van der Waals surface area contributed by atoms with Crippen molar-refractivity contribution in [1.82, 2.24) is 10.3 Å². The van der Waals surface area contributed by atoms with E-state index < -0.39 is 23.2 Å². The van der Waals surface area contributed by atoms with Gasteiger partial charge < -0.3 is 14.7 Å². The number of rotatable bonds is 4. The quantitative estimate of drug-likeness (QED) is 0.660. The molecule has 1 atom stereocenters. The van der Waals surface area contributed by atoms with Gasteiger partial charge in [-0.05, 0) is 30.2 Å². The predicted octanol–water partition coefficient (Wildman–Crippen LogP) is 3.28. The first-order valence-corrected chi connectivity index (χ1v) is 9.26. The van der Waals surface area contributed by atoms with E-state index in [1.165, 1.54) is 28.0 Å². The Morgan fingerprint density at radius 3 is 2.76 bits per heavy atom. The van der Waals surface area contributed by atoms with Crippen LogP contribution in [-0.2, 0) is 6.42 Å². The number of amidine groups is 1. The van der Waals surface area contributed by atoms with Gasteiger partial charge in [-0.2, -0.15) is 5.10 Å². The Bertz CT molecular complexity index is 984. The van der Waals surface area contributed by atoms with Gasteiger partial charge >= 0.3 is 6.09 Å². The fourth-order valence-corrected chi connectivity index (χ4v) is 3.10. The van der Waals surface area contributed by atoms with E-state index in [1.807, 2.05) is 6.92 Å². The molecule has 3 rings (SSSR count). The molecular weight excluding hydrogens is 402 g/mol. The van der Waals surface area contributed by atoms with E-state index in [-0.39, 0.29) is 28.6 Å². The predicted molar refractivity (Wildman–Crippen MR) is 108 cm³/mol. The molecule has 1 aliphatic rings. The van der Waals surface area contributed by atoms with Gasteiger partial charge in [-0.3, -0.25) is 10.3 Å². The van der Waals surface area contributed by atoms with Crippen molar-refractivity contribution < 1.29 is 23.4 Å². The number of hydrogen-bond acceptors (Lipinski definition) is 7. The monoisotopic (exact) mass is 422 g/mol. The maximum absolute atomic E-state index is 14.4. The molecule has 0 radical (unpaired) electrons. The van der Waals surface area contributed by atoms with E-state index in [9.17, 15) is 18.7 Å². The van der Waals surface area contributed by atoms with Gasteiger partial charge in [0.1, 0.15) is 11.5 Å². The molecule has 1 amide bonds. The van der Waals surface area contributed by atoms with Crippen LogP contribution in [-0.4, -0.2) is 41.5 Å². The summed E-state index contributed by atoms with van der Waals surface area (Å²) in [6, 6.07) is 6.64. The Kier molecular flexibility index (Phi) is 5.83. The van der Waals surface area contributed by atoms with Crippen LogP contribution < -0.4 is 15.1 Å². The van der Waals surface area contributed by atoms with Crippen LogP contribution >= 0.6 is 12.6 Å².